The van der Waals surface area contributed by atoms with Crippen molar-refractivity contribution in [3.8, 4) is 23.0 Å². The Balaban J connectivity index is 1.80. The summed E-state index contributed by atoms with van der Waals surface area (Å²) in [6, 6.07) is 8.16. The van der Waals surface area contributed by atoms with Gasteiger partial charge in [-0.2, -0.15) is 0 Å². The summed E-state index contributed by atoms with van der Waals surface area (Å²) in [5, 5.41) is 10.7. The van der Waals surface area contributed by atoms with Crippen LogP contribution in [0.1, 0.15) is 28.3 Å². The summed E-state index contributed by atoms with van der Waals surface area (Å²) < 4.78 is 16.4. The topological polar surface area (TPSA) is 51.2 Å². The monoisotopic (exact) mass is 341 g/mol. The van der Waals surface area contributed by atoms with Crippen molar-refractivity contribution in [1.82, 2.24) is 4.90 Å². The van der Waals surface area contributed by atoms with E-state index in [4.69, 9.17) is 14.2 Å². The van der Waals surface area contributed by atoms with E-state index >= 15 is 0 Å². The minimum Gasteiger partial charge on any atom is -0.504 e. The van der Waals surface area contributed by atoms with Crippen molar-refractivity contribution >= 4 is 0 Å². The Labute approximate surface area is 147 Å². The molecule has 1 N–H and O–H groups in total. The second kappa shape index (κ2) is 6.15. The Morgan fingerprint density at radius 1 is 0.960 bits per heavy atom. The molecule has 0 amide bonds. The van der Waals surface area contributed by atoms with E-state index in [0.29, 0.717) is 5.75 Å². The molecule has 2 heterocycles. The number of rotatable bonds is 3. The van der Waals surface area contributed by atoms with Gasteiger partial charge in [-0.3, -0.25) is 4.90 Å². The Kier molecular flexibility index (Phi) is 3.96. The predicted octanol–water partition coefficient (Wildman–Crippen LogP) is 3.07. The van der Waals surface area contributed by atoms with Crippen LogP contribution in [0, 0.1) is 0 Å². The minimum absolute atomic E-state index is 0.157. The fourth-order valence-corrected chi connectivity index (χ4v) is 4.21. The number of benzene rings is 2. The van der Waals surface area contributed by atoms with Gasteiger partial charge in [0.1, 0.15) is 0 Å². The zero-order valence-electron chi connectivity index (χ0n) is 14.8. The molecule has 0 saturated heterocycles. The second-order valence-corrected chi connectivity index (χ2v) is 6.57. The van der Waals surface area contributed by atoms with Gasteiger partial charge in [-0.1, -0.05) is 12.1 Å². The van der Waals surface area contributed by atoms with Crippen LogP contribution < -0.4 is 14.2 Å². The maximum Gasteiger partial charge on any atom is 0.165 e. The van der Waals surface area contributed by atoms with Crippen molar-refractivity contribution in [2.24, 2.45) is 0 Å². The van der Waals surface area contributed by atoms with Crippen LogP contribution in [-0.2, 0) is 19.4 Å². The van der Waals surface area contributed by atoms with Crippen molar-refractivity contribution in [2.45, 2.75) is 25.4 Å². The van der Waals surface area contributed by atoms with Gasteiger partial charge < -0.3 is 19.3 Å². The van der Waals surface area contributed by atoms with E-state index < -0.39 is 0 Å². The van der Waals surface area contributed by atoms with E-state index in [1.807, 2.05) is 12.1 Å². The number of fused-ring (bicyclic) bond motifs is 4. The van der Waals surface area contributed by atoms with Gasteiger partial charge in [0.2, 0.25) is 0 Å². The lowest BCUT2D eigenvalue weighted by Gasteiger charge is -2.42. The standard InChI is InChI=1S/C20H23NO4/c1-23-16-6-4-12-8-9-21-11-14-13(10-15(21)18(12)19(16)22)5-7-17(24-2)20(14)25-3/h4-7,15,22H,8-11H2,1-3H3/t15-/m0/s1. The Bertz CT molecular complexity index is 818. The molecule has 0 fully saturated rings. The number of hydrogen-bond donors (Lipinski definition) is 1. The van der Waals surface area contributed by atoms with Gasteiger partial charge in [0.05, 0.1) is 21.3 Å². The van der Waals surface area contributed by atoms with Crippen LogP contribution >= 0.6 is 0 Å². The first-order valence-electron chi connectivity index (χ1n) is 8.53. The van der Waals surface area contributed by atoms with Gasteiger partial charge in [-0.15, -0.1) is 0 Å². The van der Waals surface area contributed by atoms with Gasteiger partial charge in [-0.05, 0) is 36.1 Å². The molecule has 2 aliphatic rings. The molecule has 1 atom stereocenters. The molecule has 0 saturated carbocycles. The zero-order valence-corrected chi connectivity index (χ0v) is 14.8. The highest BCUT2D eigenvalue weighted by atomic mass is 16.5. The summed E-state index contributed by atoms with van der Waals surface area (Å²) in [7, 11) is 4.94. The molecule has 0 spiro atoms. The normalized spacial score (nSPS) is 18.8. The van der Waals surface area contributed by atoms with Crippen molar-refractivity contribution < 1.29 is 19.3 Å². The maximum absolute atomic E-state index is 10.7. The number of hydrogen-bond acceptors (Lipinski definition) is 5. The molecule has 2 aliphatic heterocycles. The third-order valence-corrected chi connectivity index (χ3v) is 5.45. The van der Waals surface area contributed by atoms with E-state index in [2.05, 4.69) is 17.0 Å². The Morgan fingerprint density at radius 3 is 2.40 bits per heavy atom. The molecule has 0 bridgehead atoms. The average molecular weight is 341 g/mol. The molecular weight excluding hydrogens is 318 g/mol. The van der Waals surface area contributed by atoms with E-state index in [9.17, 15) is 5.11 Å². The van der Waals surface area contributed by atoms with Crippen LogP contribution in [0.25, 0.3) is 0 Å². The quantitative estimate of drug-likeness (QED) is 0.930. The summed E-state index contributed by atoms with van der Waals surface area (Å²) in [6.07, 6.45) is 1.76. The zero-order chi connectivity index (χ0) is 17.6. The lowest BCUT2D eigenvalue weighted by atomic mass is 9.83. The van der Waals surface area contributed by atoms with Crippen molar-refractivity contribution in [3.05, 3.63) is 46.5 Å². The van der Waals surface area contributed by atoms with Gasteiger partial charge in [0, 0.05) is 30.3 Å². The lowest BCUT2D eigenvalue weighted by molar-refractivity contribution is 0.154. The molecule has 4 rings (SSSR count). The number of methoxy groups -OCH3 is 3. The molecule has 0 aliphatic carbocycles. The van der Waals surface area contributed by atoms with Gasteiger partial charge in [0.25, 0.3) is 0 Å². The van der Waals surface area contributed by atoms with E-state index in [-0.39, 0.29) is 11.8 Å². The number of nitrogens with zero attached hydrogens (tertiary/aromatic N) is 1. The highest BCUT2D eigenvalue weighted by molar-refractivity contribution is 5.56. The SMILES string of the molecule is COc1ccc2c(c1O)[C@@H]1Cc3ccc(OC)c(OC)c3CN1CC2. The third kappa shape index (κ3) is 2.42. The van der Waals surface area contributed by atoms with Gasteiger partial charge in [0.15, 0.2) is 23.0 Å². The molecule has 0 aromatic heterocycles. The third-order valence-electron chi connectivity index (χ3n) is 5.45. The molecule has 0 radical (unpaired) electrons. The lowest BCUT2D eigenvalue weighted by Crippen LogP contribution is -2.39. The van der Waals surface area contributed by atoms with Crippen LogP contribution in [-0.4, -0.2) is 37.9 Å². The Hall–Kier alpha value is -2.40. The molecule has 2 aromatic rings. The van der Waals surface area contributed by atoms with Crippen LogP contribution in [0.4, 0.5) is 0 Å². The first-order valence-corrected chi connectivity index (χ1v) is 8.53. The van der Waals surface area contributed by atoms with Crippen LogP contribution in [0.5, 0.6) is 23.0 Å². The highest BCUT2D eigenvalue weighted by Crippen LogP contribution is 2.47. The van der Waals surface area contributed by atoms with Crippen molar-refractivity contribution in [1.29, 1.82) is 0 Å². The Morgan fingerprint density at radius 2 is 1.68 bits per heavy atom. The minimum atomic E-state index is 0.157. The summed E-state index contributed by atoms with van der Waals surface area (Å²) in [6.45, 7) is 1.75. The van der Waals surface area contributed by atoms with Gasteiger partial charge >= 0.3 is 0 Å². The molecule has 0 unspecified atom stereocenters. The van der Waals surface area contributed by atoms with Crippen molar-refractivity contribution in [2.75, 3.05) is 27.9 Å². The number of aromatic hydroxyl groups is 1. The first-order chi connectivity index (χ1) is 12.2. The molecule has 5 nitrogen and oxygen atoms in total. The average Bonchev–Trinajstić information content (AvgIpc) is 2.65. The second-order valence-electron chi connectivity index (χ2n) is 6.57. The largest absolute Gasteiger partial charge is 0.504 e. The number of phenols is 1. The smallest absolute Gasteiger partial charge is 0.165 e. The molecule has 5 heteroatoms. The van der Waals surface area contributed by atoms with Gasteiger partial charge in [-0.25, -0.2) is 0 Å². The first kappa shape index (κ1) is 16.1. The maximum atomic E-state index is 10.7. The van der Waals surface area contributed by atoms with Crippen LogP contribution in [0.2, 0.25) is 0 Å². The van der Waals surface area contributed by atoms with E-state index in [1.54, 1.807) is 21.3 Å². The summed E-state index contributed by atoms with van der Waals surface area (Å²) in [5.74, 6) is 2.40. The van der Waals surface area contributed by atoms with E-state index in [1.165, 1.54) is 16.7 Å². The predicted molar refractivity (Wildman–Crippen MR) is 94.8 cm³/mol. The molecule has 2 aromatic carbocycles. The molecule has 132 valence electrons. The van der Waals surface area contributed by atoms with Crippen LogP contribution in [0.15, 0.2) is 24.3 Å². The van der Waals surface area contributed by atoms with Crippen molar-refractivity contribution in [3.63, 3.8) is 0 Å². The highest BCUT2D eigenvalue weighted by Gasteiger charge is 2.36. The number of ether oxygens (including phenoxy) is 3. The molecule has 25 heavy (non-hydrogen) atoms. The van der Waals surface area contributed by atoms with E-state index in [0.717, 1.165) is 43.0 Å². The summed E-state index contributed by atoms with van der Waals surface area (Å²) >= 11 is 0. The fourth-order valence-electron chi connectivity index (χ4n) is 4.21. The fraction of sp³-hybridized carbons (Fsp3) is 0.400. The summed E-state index contributed by atoms with van der Waals surface area (Å²) in [5.41, 5.74) is 4.65. The summed E-state index contributed by atoms with van der Waals surface area (Å²) in [4.78, 5) is 2.41. The molecular formula is C20H23NO4. The number of phenolic OH excluding ortho intramolecular Hbond substituents is 1. The van der Waals surface area contributed by atoms with Crippen LogP contribution in [0.3, 0.4) is 0 Å².